The van der Waals surface area contributed by atoms with E-state index in [-0.39, 0.29) is 12.3 Å². The Morgan fingerprint density at radius 3 is 2.62 bits per heavy atom. The molecule has 0 aromatic carbocycles. The number of nitrogens with one attached hydrogen (secondary N) is 1. The van der Waals surface area contributed by atoms with E-state index < -0.39 is 12.0 Å². The molecule has 0 saturated heterocycles. The third kappa shape index (κ3) is 7.99. The van der Waals surface area contributed by atoms with Crippen molar-refractivity contribution in [3.05, 3.63) is 12.7 Å². The Hall–Kier alpha value is -1.36. The molecule has 5 heteroatoms. The highest BCUT2D eigenvalue weighted by atomic mass is 16.4. The zero-order valence-electron chi connectivity index (χ0n) is 9.45. The fraction of sp³-hybridized carbons (Fsp3) is 0.636. The van der Waals surface area contributed by atoms with Gasteiger partial charge in [0, 0.05) is 13.0 Å². The molecule has 0 bridgehead atoms. The number of carboxylic acids is 1. The number of hydrogen-bond donors (Lipinski definition) is 3. The highest BCUT2D eigenvalue weighted by molar-refractivity contribution is 5.81. The minimum absolute atomic E-state index is 0.182. The highest BCUT2D eigenvalue weighted by Crippen LogP contribution is 1.98. The fourth-order valence-corrected chi connectivity index (χ4v) is 1.21. The molecule has 0 aromatic heterocycles. The van der Waals surface area contributed by atoms with Gasteiger partial charge >= 0.3 is 5.97 Å². The normalized spacial score (nSPS) is 11.8. The SMILES string of the molecule is C=CCC(N)C(=O)NCCCCCC(=O)O. The van der Waals surface area contributed by atoms with Gasteiger partial charge in [-0.15, -0.1) is 6.58 Å². The number of rotatable bonds is 9. The Balaban J connectivity index is 3.40. The van der Waals surface area contributed by atoms with Crippen molar-refractivity contribution in [1.82, 2.24) is 5.32 Å². The number of unbranched alkanes of at least 4 members (excludes halogenated alkanes) is 2. The maximum absolute atomic E-state index is 11.3. The Bertz CT molecular complexity index is 241. The number of hydrogen-bond acceptors (Lipinski definition) is 3. The lowest BCUT2D eigenvalue weighted by molar-refractivity contribution is -0.137. The lowest BCUT2D eigenvalue weighted by Crippen LogP contribution is -2.40. The molecule has 0 heterocycles. The van der Waals surface area contributed by atoms with E-state index >= 15 is 0 Å². The van der Waals surface area contributed by atoms with Crippen molar-refractivity contribution >= 4 is 11.9 Å². The summed E-state index contributed by atoms with van der Waals surface area (Å²) in [6, 6.07) is -0.531. The molecule has 0 aromatic rings. The van der Waals surface area contributed by atoms with Crippen LogP contribution in [0.5, 0.6) is 0 Å². The van der Waals surface area contributed by atoms with Crippen LogP contribution >= 0.6 is 0 Å². The van der Waals surface area contributed by atoms with Gasteiger partial charge in [0.25, 0.3) is 0 Å². The van der Waals surface area contributed by atoms with Gasteiger partial charge in [-0.2, -0.15) is 0 Å². The van der Waals surface area contributed by atoms with Gasteiger partial charge in [0.1, 0.15) is 0 Å². The molecule has 0 aliphatic rings. The first-order valence-corrected chi connectivity index (χ1v) is 5.44. The summed E-state index contributed by atoms with van der Waals surface area (Å²) in [6.07, 6.45) is 4.47. The summed E-state index contributed by atoms with van der Waals surface area (Å²) in [5.41, 5.74) is 5.55. The van der Waals surface area contributed by atoms with Crippen LogP contribution in [0.4, 0.5) is 0 Å². The van der Waals surface area contributed by atoms with E-state index in [1.165, 1.54) is 0 Å². The molecule has 0 radical (unpaired) electrons. The van der Waals surface area contributed by atoms with Crippen molar-refractivity contribution in [3.8, 4) is 0 Å². The van der Waals surface area contributed by atoms with Gasteiger partial charge in [-0.1, -0.05) is 12.5 Å². The smallest absolute Gasteiger partial charge is 0.303 e. The molecule has 0 saturated carbocycles. The number of aliphatic carboxylic acids is 1. The Kier molecular flexibility index (Phi) is 8.15. The van der Waals surface area contributed by atoms with Crippen LogP contribution in [0.15, 0.2) is 12.7 Å². The van der Waals surface area contributed by atoms with E-state index in [1.54, 1.807) is 6.08 Å². The summed E-state index contributed by atoms with van der Waals surface area (Å²) in [6.45, 7) is 4.05. The van der Waals surface area contributed by atoms with Crippen LogP contribution in [0.2, 0.25) is 0 Å². The first kappa shape index (κ1) is 14.6. The summed E-state index contributed by atoms with van der Waals surface area (Å²) in [5, 5.41) is 11.1. The number of carbonyl (C=O) groups is 2. The standard InChI is InChI=1S/C11H20N2O3/c1-2-6-9(12)11(16)13-8-5-3-4-7-10(14)15/h2,9H,1,3-8,12H2,(H,13,16)(H,14,15). The van der Waals surface area contributed by atoms with Crippen molar-refractivity contribution in [1.29, 1.82) is 0 Å². The van der Waals surface area contributed by atoms with Gasteiger partial charge in [0.05, 0.1) is 6.04 Å². The Morgan fingerprint density at radius 1 is 1.38 bits per heavy atom. The monoisotopic (exact) mass is 228 g/mol. The average molecular weight is 228 g/mol. The van der Waals surface area contributed by atoms with Gasteiger partial charge < -0.3 is 16.2 Å². The molecule has 0 spiro atoms. The summed E-state index contributed by atoms with van der Waals surface area (Å²) >= 11 is 0. The second-order valence-electron chi connectivity index (χ2n) is 3.63. The summed E-state index contributed by atoms with van der Waals surface area (Å²) in [4.78, 5) is 21.5. The van der Waals surface area contributed by atoms with Crippen molar-refractivity contribution in [3.63, 3.8) is 0 Å². The predicted octanol–water partition coefficient (Wildman–Crippen LogP) is 0.651. The summed E-state index contributed by atoms with van der Waals surface area (Å²) in [7, 11) is 0. The van der Waals surface area contributed by atoms with Crippen LogP contribution in [-0.2, 0) is 9.59 Å². The van der Waals surface area contributed by atoms with Crippen LogP contribution in [0.3, 0.4) is 0 Å². The van der Waals surface area contributed by atoms with Crippen molar-refractivity contribution < 1.29 is 14.7 Å². The third-order valence-corrected chi connectivity index (χ3v) is 2.12. The summed E-state index contributed by atoms with van der Waals surface area (Å²) < 4.78 is 0. The van der Waals surface area contributed by atoms with Gasteiger partial charge in [0.2, 0.25) is 5.91 Å². The second kappa shape index (κ2) is 8.91. The topological polar surface area (TPSA) is 92.4 Å². The van der Waals surface area contributed by atoms with Crippen LogP contribution in [0.25, 0.3) is 0 Å². The first-order chi connectivity index (χ1) is 7.57. The van der Waals surface area contributed by atoms with Crippen LogP contribution in [-0.4, -0.2) is 29.6 Å². The highest BCUT2D eigenvalue weighted by Gasteiger charge is 2.09. The number of carboxylic acid groups (broad SMARTS) is 1. The van der Waals surface area contributed by atoms with Crippen LogP contribution in [0.1, 0.15) is 32.1 Å². The molecule has 5 nitrogen and oxygen atoms in total. The lowest BCUT2D eigenvalue weighted by Gasteiger charge is -2.09. The Morgan fingerprint density at radius 2 is 2.06 bits per heavy atom. The van der Waals surface area contributed by atoms with Crippen molar-refractivity contribution in [2.24, 2.45) is 5.73 Å². The largest absolute Gasteiger partial charge is 0.481 e. The second-order valence-corrected chi connectivity index (χ2v) is 3.63. The molecule has 0 fully saturated rings. The lowest BCUT2D eigenvalue weighted by atomic mass is 10.2. The minimum atomic E-state index is -0.781. The maximum Gasteiger partial charge on any atom is 0.303 e. The van der Waals surface area contributed by atoms with Crippen LogP contribution in [0, 0.1) is 0 Å². The van der Waals surface area contributed by atoms with Gasteiger partial charge in [0.15, 0.2) is 0 Å². The van der Waals surface area contributed by atoms with Crippen molar-refractivity contribution in [2.75, 3.05) is 6.54 Å². The van der Waals surface area contributed by atoms with E-state index in [0.717, 1.165) is 12.8 Å². The number of carbonyl (C=O) groups excluding carboxylic acids is 1. The Labute approximate surface area is 95.7 Å². The van der Waals surface area contributed by atoms with E-state index in [2.05, 4.69) is 11.9 Å². The zero-order chi connectivity index (χ0) is 12.4. The molecule has 92 valence electrons. The molecule has 0 rings (SSSR count). The van der Waals surface area contributed by atoms with E-state index in [1.807, 2.05) is 0 Å². The molecule has 0 aliphatic carbocycles. The molecule has 1 atom stereocenters. The third-order valence-electron chi connectivity index (χ3n) is 2.12. The molecule has 4 N–H and O–H groups in total. The maximum atomic E-state index is 11.3. The molecule has 1 amide bonds. The van der Waals surface area contributed by atoms with E-state index in [9.17, 15) is 9.59 Å². The van der Waals surface area contributed by atoms with Crippen LogP contribution < -0.4 is 11.1 Å². The van der Waals surface area contributed by atoms with E-state index in [4.69, 9.17) is 10.8 Å². The van der Waals surface area contributed by atoms with Gasteiger partial charge in [-0.25, -0.2) is 0 Å². The molecular formula is C11H20N2O3. The summed E-state index contributed by atoms with van der Waals surface area (Å²) in [5.74, 6) is -0.963. The molecular weight excluding hydrogens is 208 g/mol. The fourth-order valence-electron chi connectivity index (χ4n) is 1.21. The van der Waals surface area contributed by atoms with Crippen molar-refractivity contribution in [2.45, 2.75) is 38.1 Å². The molecule has 0 aliphatic heterocycles. The quantitative estimate of drug-likeness (QED) is 0.399. The minimum Gasteiger partial charge on any atom is -0.481 e. The number of nitrogens with two attached hydrogens (primary N) is 1. The van der Waals surface area contributed by atoms with E-state index in [0.29, 0.717) is 19.4 Å². The average Bonchev–Trinajstić information content (AvgIpc) is 2.22. The zero-order valence-corrected chi connectivity index (χ0v) is 9.45. The van der Waals surface area contributed by atoms with Gasteiger partial charge in [-0.3, -0.25) is 9.59 Å². The predicted molar refractivity (Wildman–Crippen MR) is 61.9 cm³/mol. The molecule has 1 unspecified atom stereocenters. The van der Waals surface area contributed by atoms with Gasteiger partial charge in [-0.05, 0) is 19.3 Å². The molecule has 16 heavy (non-hydrogen) atoms. The number of amides is 1. The first-order valence-electron chi connectivity index (χ1n) is 5.44.